The zero-order chi connectivity index (χ0) is 18.6. The van der Waals surface area contributed by atoms with E-state index in [2.05, 4.69) is 15.0 Å². The van der Waals surface area contributed by atoms with E-state index in [-0.39, 0.29) is 6.61 Å². The molecule has 0 aliphatic rings. The third kappa shape index (κ3) is 5.32. The van der Waals surface area contributed by atoms with Crippen LogP contribution in [0.3, 0.4) is 0 Å². The Balaban J connectivity index is 2.07. The minimum atomic E-state index is -4.39. The van der Waals surface area contributed by atoms with Crippen LogP contribution in [0.1, 0.15) is 23.0 Å². The normalized spacial score (nSPS) is 12.9. The zero-order valence-electron chi connectivity index (χ0n) is 14.1. The summed E-state index contributed by atoms with van der Waals surface area (Å²) in [5.74, 6) is 0.248. The summed E-state index contributed by atoms with van der Waals surface area (Å²) in [5, 5.41) is 3.38. The van der Waals surface area contributed by atoms with Gasteiger partial charge in [-0.05, 0) is 32.0 Å². The number of nitrogens with zero attached hydrogens (tertiary/aromatic N) is 1. The Morgan fingerprint density at radius 1 is 1.32 bits per heavy atom. The van der Waals surface area contributed by atoms with Gasteiger partial charge in [-0.25, -0.2) is 0 Å². The van der Waals surface area contributed by atoms with Gasteiger partial charge in [0.25, 0.3) is 5.91 Å². The average molecular weight is 356 g/mol. The fourth-order valence-corrected chi connectivity index (χ4v) is 2.29. The summed E-state index contributed by atoms with van der Waals surface area (Å²) < 4.78 is 45.9. The topological polar surface area (TPSA) is 60.5 Å². The van der Waals surface area contributed by atoms with Crippen LogP contribution >= 0.6 is 0 Å². The van der Waals surface area contributed by atoms with Crippen LogP contribution in [0.4, 0.5) is 13.2 Å². The second kappa shape index (κ2) is 7.69. The lowest BCUT2D eigenvalue weighted by Gasteiger charge is -2.16. The number of methoxy groups -OCH3 is 1. The predicted molar refractivity (Wildman–Crippen MR) is 86.8 cm³/mol. The first kappa shape index (κ1) is 19.0. The number of fused-ring (bicyclic) bond motifs is 1. The Bertz CT molecular complexity index is 763. The maximum absolute atomic E-state index is 12.3. The van der Waals surface area contributed by atoms with Crippen LogP contribution in [0, 0.1) is 6.92 Å². The van der Waals surface area contributed by atoms with Gasteiger partial charge in [0, 0.05) is 17.5 Å². The number of aromatic nitrogens is 1. The first-order chi connectivity index (χ1) is 11.7. The predicted octanol–water partition coefficient (Wildman–Crippen LogP) is 3.25. The summed E-state index contributed by atoms with van der Waals surface area (Å²) >= 11 is 0. The van der Waals surface area contributed by atoms with Gasteiger partial charge in [0.2, 0.25) is 0 Å². The van der Waals surface area contributed by atoms with Crippen molar-refractivity contribution in [1.82, 2.24) is 10.3 Å². The van der Waals surface area contributed by atoms with Gasteiger partial charge in [-0.3, -0.25) is 9.78 Å². The molecular weight excluding hydrogens is 337 g/mol. The van der Waals surface area contributed by atoms with Gasteiger partial charge in [-0.15, -0.1) is 0 Å². The summed E-state index contributed by atoms with van der Waals surface area (Å²) in [6, 6.07) is 6.43. The molecule has 136 valence electrons. The molecule has 1 atom stereocenters. The summed E-state index contributed by atoms with van der Waals surface area (Å²) in [6.45, 7) is 1.69. The molecule has 0 fully saturated rings. The standard InChI is InChI=1S/C17H19F3N2O3/c1-10(8-25-9-17(18,19)20)21-16(23)14-6-12-4-5-13(24-3)7-15(12)22-11(14)2/h4-7,10H,8-9H2,1-3H3,(H,21,23). The number of ether oxygens (including phenoxy) is 2. The molecule has 2 rings (SSSR count). The number of carbonyl (C=O) groups is 1. The monoisotopic (exact) mass is 356 g/mol. The minimum absolute atomic E-state index is 0.234. The Morgan fingerprint density at radius 2 is 2.04 bits per heavy atom. The maximum Gasteiger partial charge on any atom is 0.411 e. The van der Waals surface area contributed by atoms with Crippen molar-refractivity contribution in [1.29, 1.82) is 0 Å². The Hall–Kier alpha value is -2.35. The van der Waals surface area contributed by atoms with E-state index in [4.69, 9.17) is 4.74 Å². The summed E-state index contributed by atoms with van der Waals surface area (Å²) in [4.78, 5) is 16.7. The molecule has 25 heavy (non-hydrogen) atoms. The highest BCUT2D eigenvalue weighted by Crippen LogP contribution is 2.21. The summed E-state index contributed by atoms with van der Waals surface area (Å²) in [6.07, 6.45) is -4.39. The van der Waals surface area contributed by atoms with Gasteiger partial charge < -0.3 is 14.8 Å². The number of halogens is 3. The zero-order valence-corrected chi connectivity index (χ0v) is 14.1. The third-order valence-electron chi connectivity index (χ3n) is 3.47. The van der Waals surface area contributed by atoms with Crippen LogP contribution in [-0.2, 0) is 4.74 Å². The molecule has 0 aliphatic heterocycles. The van der Waals surface area contributed by atoms with Crippen LogP contribution in [0.2, 0.25) is 0 Å². The molecule has 1 amide bonds. The highest BCUT2D eigenvalue weighted by Gasteiger charge is 2.27. The van der Waals surface area contributed by atoms with Crippen LogP contribution < -0.4 is 10.1 Å². The quantitative estimate of drug-likeness (QED) is 0.863. The first-order valence-corrected chi connectivity index (χ1v) is 7.60. The third-order valence-corrected chi connectivity index (χ3v) is 3.47. The van der Waals surface area contributed by atoms with E-state index in [1.165, 1.54) is 0 Å². The fourth-order valence-electron chi connectivity index (χ4n) is 2.29. The number of carbonyl (C=O) groups excluding carboxylic acids is 1. The summed E-state index contributed by atoms with van der Waals surface area (Å²) in [5.41, 5.74) is 1.57. The van der Waals surface area contributed by atoms with Crippen molar-refractivity contribution >= 4 is 16.8 Å². The van der Waals surface area contributed by atoms with E-state index in [1.807, 2.05) is 0 Å². The van der Waals surface area contributed by atoms with Crippen molar-refractivity contribution in [3.63, 3.8) is 0 Å². The largest absolute Gasteiger partial charge is 0.497 e. The molecule has 1 heterocycles. The van der Waals surface area contributed by atoms with Crippen LogP contribution in [0.25, 0.3) is 10.9 Å². The van der Waals surface area contributed by atoms with Crippen LogP contribution in [0.5, 0.6) is 5.75 Å². The van der Waals surface area contributed by atoms with Crippen LogP contribution in [-0.4, -0.2) is 43.4 Å². The van der Waals surface area contributed by atoms with Crippen molar-refractivity contribution in [2.24, 2.45) is 0 Å². The molecule has 2 aromatic rings. The molecule has 8 heteroatoms. The van der Waals surface area contributed by atoms with Crippen molar-refractivity contribution in [3.05, 3.63) is 35.5 Å². The van der Waals surface area contributed by atoms with Crippen molar-refractivity contribution < 1.29 is 27.4 Å². The number of hydrogen-bond donors (Lipinski definition) is 1. The molecule has 1 aromatic carbocycles. The van der Waals surface area contributed by atoms with E-state index in [0.29, 0.717) is 22.5 Å². The smallest absolute Gasteiger partial charge is 0.411 e. The molecule has 1 aromatic heterocycles. The van der Waals surface area contributed by atoms with E-state index < -0.39 is 24.7 Å². The highest BCUT2D eigenvalue weighted by molar-refractivity contribution is 5.98. The van der Waals surface area contributed by atoms with Crippen molar-refractivity contribution in [2.75, 3.05) is 20.3 Å². The van der Waals surface area contributed by atoms with Crippen LogP contribution in [0.15, 0.2) is 24.3 Å². The maximum atomic E-state index is 12.3. The fraction of sp³-hybridized carbons (Fsp3) is 0.412. The van der Waals surface area contributed by atoms with Gasteiger partial charge >= 0.3 is 6.18 Å². The Labute approximate surface area is 143 Å². The Kier molecular flexibility index (Phi) is 5.84. The number of alkyl halides is 3. The lowest BCUT2D eigenvalue weighted by Crippen LogP contribution is -2.37. The SMILES string of the molecule is COc1ccc2cc(C(=O)NC(C)COCC(F)(F)F)c(C)nc2c1. The highest BCUT2D eigenvalue weighted by atomic mass is 19.4. The van der Waals surface area contributed by atoms with Gasteiger partial charge in [-0.1, -0.05) is 0 Å². The van der Waals surface area contributed by atoms with Crippen molar-refractivity contribution in [2.45, 2.75) is 26.1 Å². The number of pyridine rings is 1. The second-order valence-electron chi connectivity index (χ2n) is 5.68. The average Bonchev–Trinajstić information content (AvgIpc) is 2.52. The Morgan fingerprint density at radius 3 is 2.68 bits per heavy atom. The molecule has 0 radical (unpaired) electrons. The van der Waals surface area contributed by atoms with Crippen molar-refractivity contribution in [3.8, 4) is 5.75 Å². The van der Waals surface area contributed by atoms with Gasteiger partial charge in [0.05, 0.1) is 30.5 Å². The molecule has 5 nitrogen and oxygen atoms in total. The molecule has 0 bridgehead atoms. The number of aryl methyl sites for hydroxylation is 1. The molecular formula is C17H19F3N2O3. The van der Waals surface area contributed by atoms with Gasteiger partial charge in [0.1, 0.15) is 12.4 Å². The van der Waals surface area contributed by atoms with E-state index in [9.17, 15) is 18.0 Å². The molecule has 0 saturated carbocycles. The number of rotatable bonds is 6. The number of amides is 1. The van der Waals surface area contributed by atoms with E-state index in [1.54, 1.807) is 45.2 Å². The van der Waals surface area contributed by atoms with Gasteiger partial charge in [-0.2, -0.15) is 13.2 Å². The number of nitrogens with one attached hydrogen (secondary N) is 1. The minimum Gasteiger partial charge on any atom is -0.497 e. The van der Waals surface area contributed by atoms with Gasteiger partial charge in [0.15, 0.2) is 0 Å². The second-order valence-corrected chi connectivity index (χ2v) is 5.68. The van der Waals surface area contributed by atoms with E-state index in [0.717, 1.165) is 5.39 Å². The first-order valence-electron chi connectivity index (χ1n) is 7.60. The molecule has 1 unspecified atom stereocenters. The lowest BCUT2D eigenvalue weighted by atomic mass is 10.1. The number of hydrogen-bond acceptors (Lipinski definition) is 4. The van der Waals surface area contributed by atoms with E-state index >= 15 is 0 Å². The lowest BCUT2D eigenvalue weighted by molar-refractivity contribution is -0.174. The number of benzene rings is 1. The summed E-state index contributed by atoms with van der Waals surface area (Å²) in [7, 11) is 1.55. The molecule has 0 saturated heterocycles. The molecule has 0 spiro atoms. The molecule has 0 aliphatic carbocycles. The molecule has 1 N–H and O–H groups in total.